The number of aromatic nitrogens is 2. The third-order valence-corrected chi connectivity index (χ3v) is 3.15. The van der Waals surface area contributed by atoms with Crippen molar-refractivity contribution in [2.24, 2.45) is 0 Å². The number of nitrogens with zero attached hydrogens (tertiary/aromatic N) is 2. The minimum atomic E-state index is 0.0451. The van der Waals surface area contributed by atoms with Crippen LogP contribution in [0.3, 0.4) is 0 Å². The van der Waals surface area contributed by atoms with Crippen molar-refractivity contribution in [1.29, 1.82) is 0 Å². The van der Waals surface area contributed by atoms with Gasteiger partial charge in [-0.05, 0) is 32.9 Å². The molecule has 0 saturated heterocycles. The number of halogens is 2. The van der Waals surface area contributed by atoms with E-state index in [1.54, 1.807) is 30.6 Å². The summed E-state index contributed by atoms with van der Waals surface area (Å²) in [5.41, 5.74) is 1.03. The Morgan fingerprint density at radius 1 is 1.14 bits per heavy atom. The van der Waals surface area contributed by atoms with E-state index in [0.717, 1.165) is 5.56 Å². The van der Waals surface area contributed by atoms with Gasteiger partial charge in [-0.15, -0.1) is 0 Å². The molecular weight excluding hydrogens is 309 g/mol. The summed E-state index contributed by atoms with van der Waals surface area (Å²) in [6.45, 7) is 7.01. The Bertz CT molecular complexity index is 609. The first-order valence-electron chi connectivity index (χ1n) is 6.52. The standard InChI is InChI=1S/C15H17Cl2N3O/c1-15(2,3)20-9-10-7-18-14(19-8-10)21-13-6-11(16)4-5-12(13)17/h4-8,20H,9H2,1-3H3. The fourth-order valence-electron chi connectivity index (χ4n) is 1.51. The van der Waals surface area contributed by atoms with Gasteiger partial charge in [-0.1, -0.05) is 23.2 Å². The highest BCUT2D eigenvalue weighted by atomic mass is 35.5. The molecular formula is C15H17Cl2N3O. The van der Waals surface area contributed by atoms with Crippen molar-refractivity contribution < 1.29 is 4.74 Å². The van der Waals surface area contributed by atoms with E-state index >= 15 is 0 Å². The van der Waals surface area contributed by atoms with Crippen LogP contribution in [0.1, 0.15) is 26.3 Å². The van der Waals surface area contributed by atoms with Gasteiger partial charge in [-0.25, -0.2) is 9.97 Å². The van der Waals surface area contributed by atoms with Gasteiger partial charge in [-0.2, -0.15) is 0 Å². The summed E-state index contributed by atoms with van der Waals surface area (Å²) in [5.74, 6) is 0.435. The molecule has 21 heavy (non-hydrogen) atoms. The first-order chi connectivity index (χ1) is 9.83. The van der Waals surface area contributed by atoms with Gasteiger partial charge in [0.2, 0.25) is 0 Å². The molecule has 1 aromatic carbocycles. The van der Waals surface area contributed by atoms with E-state index in [1.165, 1.54) is 0 Å². The average molecular weight is 326 g/mol. The quantitative estimate of drug-likeness (QED) is 0.901. The summed E-state index contributed by atoms with van der Waals surface area (Å²) in [5, 5.41) is 4.37. The summed E-state index contributed by atoms with van der Waals surface area (Å²) < 4.78 is 5.53. The zero-order valence-electron chi connectivity index (χ0n) is 12.2. The Morgan fingerprint density at radius 3 is 2.43 bits per heavy atom. The Labute approximate surface area is 134 Å². The lowest BCUT2D eigenvalue weighted by atomic mass is 10.1. The first-order valence-corrected chi connectivity index (χ1v) is 7.28. The van der Waals surface area contributed by atoms with E-state index in [0.29, 0.717) is 22.3 Å². The van der Waals surface area contributed by atoms with Crippen LogP contribution in [0.4, 0.5) is 0 Å². The van der Waals surface area contributed by atoms with Crippen molar-refractivity contribution in [2.45, 2.75) is 32.9 Å². The summed E-state index contributed by atoms with van der Waals surface area (Å²) in [4.78, 5) is 8.34. The van der Waals surface area contributed by atoms with Crippen LogP contribution in [0.5, 0.6) is 11.8 Å². The third kappa shape index (κ3) is 5.16. The van der Waals surface area contributed by atoms with Gasteiger partial charge in [0, 0.05) is 41.1 Å². The van der Waals surface area contributed by atoms with Crippen molar-refractivity contribution in [3.8, 4) is 11.8 Å². The van der Waals surface area contributed by atoms with Gasteiger partial charge in [0.1, 0.15) is 0 Å². The maximum atomic E-state index is 6.03. The van der Waals surface area contributed by atoms with Crippen molar-refractivity contribution in [1.82, 2.24) is 15.3 Å². The molecule has 1 N–H and O–H groups in total. The number of hydrogen-bond donors (Lipinski definition) is 1. The molecule has 0 atom stereocenters. The normalized spacial score (nSPS) is 11.5. The van der Waals surface area contributed by atoms with E-state index in [4.69, 9.17) is 27.9 Å². The SMILES string of the molecule is CC(C)(C)NCc1cnc(Oc2cc(Cl)ccc2Cl)nc1. The summed E-state index contributed by atoms with van der Waals surface area (Å²) in [7, 11) is 0. The third-order valence-electron chi connectivity index (χ3n) is 2.60. The van der Waals surface area contributed by atoms with Crippen LogP contribution in [-0.4, -0.2) is 15.5 Å². The predicted molar refractivity (Wildman–Crippen MR) is 85.2 cm³/mol. The summed E-state index contributed by atoms with van der Waals surface area (Å²) in [6.07, 6.45) is 3.44. The van der Waals surface area contributed by atoms with Gasteiger partial charge in [0.25, 0.3) is 0 Å². The molecule has 1 heterocycles. The second-order valence-corrected chi connectivity index (χ2v) is 6.50. The smallest absolute Gasteiger partial charge is 0.321 e. The lowest BCUT2D eigenvalue weighted by Crippen LogP contribution is -2.35. The number of hydrogen-bond acceptors (Lipinski definition) is 4. The first kappa shape index (κ1) is 16.0. The van der Waals surface area contributed by atoms with Crippen LogP contribution in [-0.2, 0) is 6.54 Å². The highest BCUT2D eigenvalue weighted by molar-refractivity contribution is 6.34. The van der Waals surface area contributed by atoms with Crippen LogP contribution < -0.4 is 10.1 Å². The van der Waals surface area contributed by atoms with Gasteiger partial charge in [0.05, 0.1) is 5.02 Å². The van der Waals surface area contributed by atoms with Gasteiger partial charge in [0.15, 0.2) is 5.75 Å². The fraction of sp³-hybridized carbons (Fsp3) is 0.333. The van der Waals surface area contributed by atoms with Crippen molar-refractivity contribution in [3.05, 3.63) is 46.2 Å². The Kier molecular flexibility index (Phi) is 5.04. The number of ether oxygens (including phenoxy) is 1. The highest BCUT2D eigenvalue weighted by Crippen LogP contribution is 2.30. The van der Waals surface area contributed by atoms with Crippen molar-refractivity contribution in [2.75, 3.05) is 0 Å². The minimum absolute atomic E-state index is 0.0451. The van der Waals surface area contributed by atoms with Crippen molar-refractivity contribution >= 4 is 23.2 Å². The van der Waals surface area contributed by atoms with E-state index in [-0.39, 0.29) is 11.5 Å². The van der Waals surface area contributed by atoms with Crippen LogP contribution in [0.25, 0.3) is 0 Å². The second kappa shape index (κ2) is 6.60. The molecule has 1 aromatic heterocycles. The molecule has 2 rings (SSSR count). The zero-order valence-corrected chi connectivity index (χ0v) is 13.7. The molecule has 4 nitrogen and oxygen atoms in total. The molecule has 0 fully saturated rings. The zero-order chi connectivity index (χ0) is 15.5. The summed E-state index contributed by atoms with van der Waals surface area (Å²) >= 11 is 11.9. The van der Waals surface area contributed by atoms with Crippen LogP contribution in [0.2, 0.25) is 10.0 Å². The molecule has 0 aliphatic carbocycles. The minimum Gasteiger partial charge on any atom is -0.423 e. The molecule has 2 aromatic rings. The lowest BCUT2D eigenvalue weighted by molar-refractivity contribution is 0.420. The molecule has 112 valence electrons. The predicted octanol–water partition coefficient (Wildman–Crippen LogP) is 4.46. The Morgan fingerprint density at radius 2 is 1.81 bits per heavy atom. The molecule has 0 aliphatic rings. The average Bonchev–Trinajstić information content (AvgIpc) is 2.41. The number of nitrogens with one attached hydrogen (secondary N) is 1. The molecule has 0 amide bonds. The van der Waals surface area contributed by atoms with Crippen LogP contribution in [0.15, 0.2) is 30.6 Å². The highest BCUT2D eigenvalue weighted by Gasteiger charge is 2.10. The molecule has 6 heteroatoms. The number of rotatable bonds is 4. The van der Waals surface area contributed by atoms with Gasteiger partial charge in [-0.3, -0.25) is 0 Å². The monoisotopic (exact) mass is 325 g/mol. The lowest BCUT2D eigenvalue weighted by Gasteiger charge is -2.20. The van der Waals surface area contributed by atoms with E-state index in [2.05, 4.69) is 36.1 Å². The van der Waals surface area contributed by atoms with Crippen LogP contribution in [0, 0.1) is 0 Å². The molecule has 0 bridgehead atoms. The molecule has 0 aliphatic heterocycles. The Balaban J connectivity index is 2.04. The fourth-order valence-corrected chi connectivity index (χ4v) is 1.83. The number of benzene rings is 1. The second-order valence-electron chi connectivity index (χ2n) is 5.65. The molecule has 0 saturated carbocycles. The molecule has 0 spiro atoms. The van der Waals surface area contributed by atoms with Gasteiger partial charge >= 0.3 is 6.01 Å². The Hall–Kier alpha value is -1.36. The summed E-state index contributed by atoms with van der Waals surface area (Å²) in [6, 6.07) is 5.22. The maximum absolute atomic E-state index is 6.03. The van der Waals surface area contributed by atoms with E-state index in [1.807, 2.05) is 0 Å². The van der Waals surface area contributed by atoms with Crippen LogP contribution >= 0.6 is 23.2 Å². The van der Waals surface area contributed by atoms with Gasteiger partial charge < -0.3 is 10.1 Å². The maximum Gasteiger partial charge on any atom is 0.321 e. The topological polar surface area (TPSA) is 47.0 Å². The van der Waals surface area contributed by atoms with Crippen molar-refractivity contribution in [3.63, 3.8) is 0 Å². The van der Waals surface area contributed by atoms with E-state index < -0.39 is 0 Å². The molecule has 0 radical (unpaired) electrons. The molecule has 0 unspecified atom stereocenters. The largest absolute Gasteiger partial charge is 0.423 e. The van der Waals surface area contributed by atoms with E-state index in [9.17, 15) is 0 Å².